The van der Waals surface area contributed by atoms with Gasteiger partial charge in [0.2, 0.25) is 0 Å². The summed E-state index contributed by atoms with van der Waals surface area (Å²) in [6, 6.07) is 1.54. The van der Waals surface area contributed by atoms with Gasteiger partial charge in [0.05, 0.1) is 18.5 Å². The van der Waals surface area contributed by atoms with Crippen molar-refractivity contribution in [1.82, 2.24) is 14.5 Å². The quantitative estimate of drug-likeness (QED) is 0.276. The number of imidazole rings is 1. The van der Waals surface area contributed by atoms with E-state index in [4.69, 9.17) is 27.3 Å². The molecule has 21 heavy (non-hydrogen) atoms. The largest absolute Gasteiger partial charge is 0.394 e. The Morgan fingerprint density at radius 2 is 2.19 bits per heavy atom. The number of halogens is 1. The van der Waals surface area contributed by atoms with Crippen LogP contribution in [0.3, 0.4) is 0 Å². The summed E-state index contributed by atoms with van der Waals surface area (Å²) in [6.45, 7) is -0.403. The highest BCUT2D eigenvalue weighted by Gasteiger charge is 2.43. The first kappa shape index (κ1) is 14.4. The Morgan fingerprint density at radius 1 is 1.43 bits per heavy atom. The van der Waals surface area contributed by atoms with E-state index < -0.39 is 31.1 Å². The smallest absolute Gasteiger partial charge is 0.169 e. The fourth-order valence-corrected chi connectivity index (χ4v) is 2.60. The molecule has 2 aromatic heterocycles. The predicted molar refractivity (Wildman–Crippen MR) is 73.4 cm³/mol. The van der Waals surface area contributed by atoms with Crippen LogP contribution < -0.4 is 11.3 Å². The van der Waals surface area contributed by atoms with Gasteiger partial charge in [0.25, 0.3) is 0 Å². The van der Waals surface area contributed by atoms with Gasteiger partial charge in [0.1, 0.15) is 29.0 Å². The van der Waals surface area contributed by atoms with E-state index in [1.807, 2.05) is 0 Å². The zero-order valence-corrected chi connectivity index (χ0v) is 11.5. The molecule has 0 radical (unpaired) electrons. The molecule has 0 unspecified atom stereocenters. The Balaban J connectivity index is 2.07. The minimum Gasteiger partial charge on any atom is -0.394 e. The van der Waals surface area contributed by atoms with Gasteiger partial charge in [-0.1, -0.05) is 11.6 Å². The van der Waals surface area contributed by atoms with Crippen LogP contribution in [0.4, 0.5) is 5.82 Å². The van der Waals surface area contributed by atoms with Crippen molar-refractivity contribution in [2.45, 2.75) is 24.5 Å². The summed E-state index contributed by atoms with van der Waals surface area (Å²) >= 11 is 5.92. The van der Waals surface area contributed by atoms with Crippen LogP contribution in [-0.4, -0.2) is 54.8 Å². The second-order valence-electron chi connectivity index (χ2n) is 4.69. The topological polar surface area (TPSA) is 139 Å². The van der Waals surface area contributed by atoms with E-state index in [0.717, 1.165) is 0 Å². The number of anilines is 1. The monoisotopic (exact) mass is 315 g/mol. The lowest BCUT2D eigenvalue weighted by Gasteiger charge is -2.17. The first-order valence-electron chi connectivity index (χ1n) is 6.19. The summed E-state index contributed by atoms with van der Waals surface area (Å²) in [5.41, 5.74) is 3.36. The number of nitrogens with two attached hydrogens (primary N) is 1. The maximum atomic E-state index is 10.1. The van der Waals surface area contributed by atoms with Crippen LogP contribution in [0.1, 0.15) is 6.23 Å². The number of pyridine rings is 1. The van der Waals surface area contributed by atoms with Crippen LogP contribution in [0, 0.1) is 0 Å². The molecule has 2 aromatic rings. The van der Waals surface area contributed by atoms with Gasteiger partial charge < -0.3 is 30.0 Å². The van der Waals surface area contributed by atoms with Crippen LogP contribution in [0.5, 0.6) is 0 Å². The molecule has 1 fully saturated rings. The SMILES string of the molecule is NNc1nc(Cl)cc2c1ncn2[C@@H]1O[C@H](CO)[C@@H](O)[C@H]1O. The average Bonchev–Trinajstić information content (AvgIpc) is 3.01. The number of nitrogens with zero attached hydrogens (tertiary/aromatic N) is 3. The molecule has 6 N–H and O–H groups in total. The fourth-order valence-electron chi connectivity index (χ4n) is 2.41. The zero-order chi connectivity index (χ0) is 15.1. The third-order valence-electron chi connectivity index (χ3n) is 3.46. The number of nitrogen functional groups attached to an aromatic ring is 1. The number of aliphatic hydroxyl groups excluding tert-OH is 3. The van der Waals surface area contributed by atoms with E-state index in [1.165, 1.54) is 10.9 Å². The van der Waals surface area contributed by atoms with Crippen molar-refractivity contribution >= 4 is 28.5 Å². The molecule has 0 amide bonds. The van der Waals surface area contributed by atoms with Crippen molar-refractivity contribution < 1.29 is 20.1 Å². The van der Waals surface area contributed by atoms with E-state index in [9.17, 15) is 10.2 Å². The van der Waals surface area contributed by atoms with Crippen LogP contribution in [0.2, 0.25) is 5.15 Å². The van der Waals surface area contributed by atoms with Crippen molar-refractivity contribution in [3.8, 4) is 0 Å². The highest BCUT2D eigenvalue weighted by atomic mass is 35.5. The van der Waals surface area contributed by atoms with Gasteiger partial charge in [0, 0.05) is 6.07 Å². The van der Waals surface area contributed by atoms with Gasteiger partial charge in [0.15, 0.2) is 12.0 Å². The number of ether oxygens (including phenoxy) is 1. The van der Waals surface area contributed by atoms with Crippen molar-refractivity contribution in [2.24, 2.45) is 5.84 Å². The lowest BCUT2D eigenvalue weighted by atomic mass is 10.1. The van der Waals surface area contributed by atoms with E-state index in [0.29, 0.717) is 11.0 Å². The van der Waals surface area contributed by atoms with Gasteiger partial charge in [-0.25, -0.2) is 15.8 Å². The lowest BCUT2D eigenvalue weighted by Crippen LogP contribution is -2.33. The summed E-state index contributed by atoms with van der Waals surface area (Å²) in [4.78, 5) is 8.14. The predicted octanol–water partition coefficient (Wildman–Crippen LogP) is -1.02. The van der Waals surface area contributed by atoms with E-state index in [1.54, 1.807) is 6.07 Å². The molecule has 0 spiro atoms. The normalized spacial score (nSPS) is 29.2. The summed E-state index contributed by atoms with van der Waals surface area (Å²) < 4.78 is 6.97. The van der Waals surface area contributed by atoms with Crippen LogP contribution in [-0.2, 0) is 4.74 Å². The molecule has 1 aliphatic heterocycles. The van der Waals surface area contributed by atoms with Gasteiger partial charge in [-0.2, -0.15) is 0 Å². The standard InChI is InChI=1S/C11H14ClN5O4/c12-6-1-4-7(10(15-6)16-13)14-3-17(4)11-9(20)8(19)5(2-18)21-11/h1,3,5,8-9,11,18-20H,2,13H2,(H,15,16)/t5-,8-,9-,11-/m1/s1. The molecule has 0 saturated carbocycles. The number of hydrogen-bond acceptors (Lipinski definition) is 8. The molecule has 0 bridgehead atoms. The van der Waals surface area contributed by atoms with Gasteiger partial charge in [-0.3, -0.25) is 0 Å². The number of aromatic nitrogens is 3. The molecule has 3 heterocycles. The number of hydrazine groups is 1. The van der Waals surface area contributed by atoms with E-state index in [-0.39, 0.29) is 11.0 Å². The van der Waals surface area contributed by atoms with Crippen molar-refractivity contribution in [3.05, 3.63) is 17.5 Å². The summed E-state index contributed by atoms with van der Waals surface area (Å²) in [5, 5.41) is 29.2. The number of fused-ring (bicyclic) bond motifs is 1. The van der Waals surface area contributed by atoms with Crippen molar-refractivity contribution in [3.63, 3.8) is 0 Å². The van der Waals surface area contributed by atoms with E-state index >= 15 is 0 Å². The molecule has 10 heteroatoms. The highest BCUT2D eigenvalue weighted by molar-refractivity contribution is 6.30. The molecule has 4 atom stereocenters. The first-order valence-corrected chi connectivity index (χ1v) is 6.56. The number of rotatable bonds is 3. The molecule has 0 aromatic carbocycles. The maximum absolute atomic E-state index is 10.1. The summed E-state index contributed by atoms with van der Waals surface area (Å²) in [6.07, 6.45) is -2.75. The molecule has 9 nitrogen and oxygen atoms in total. The number of hydrogen-bond donors (Lipinski definition) is 5. The van der Waals surface area contributed by atoms with Crippen LogP contribution >= 0.6 is 11.6 Å². The first-order chi connectivity index (χ1) is 10.1. The fraction of sp³-hybridized carbons (Fsp3) is 0.455. The van der Waals surface area contributed by atoms with Gasteiger partial charge in [-0.05, 0) is 0 Å². The number of aliphatic hydroxyl groups is 3. The Bertz CT molecular complexity index is 665. The van der Waals surface area contributed by atoms with Crippen molar-refractivity contribution in [2.75, 3.05) is 12.0 Å². The lowest BCUT2D eigenvalue weighted by molar-refractivity contribution is -0.0508. The second-order valence-corrected chi connectivity index (χ2v) is 5.07. The Labute approximate surface area is 123 Å². The second kappa shape index (κ2) is 5.37. The third kappa shape index (κ3) is 2.24. The third-order valence-corrected chi connectivity index (χ3v) is 3.65. The van der Waals surface area contributed by atoms with Gasteiger partial charge >= 0.3 is 0 Å². The Hall–Kier alpha value is -1.49. The average molecular weight is 316 g/mol. The van der Waals surface area contributed by atoms with E-state index in [2.05, 4.69) is 15.4 Å². The Kier molecular flexibility index (Phi) is 3.69. The molecule has 3 rings (SSSR count). The molecule has 1 aliphatic rings. The minimum atomic E-state index is -1.21. The molecule has 0 aliphatic carbocycles. The minimum absolute atomic E-state index is 0.184. The molecule has 114 valence electrons. The molecule has 1 saturated heterocycles. The highest BCUT2D eigenvalue weighted by Crippen LogP contribution is 2.33. The zero-order valence-electron chi connectivity index (χ0n) is 10.7. The maximum Gasteiger partial charge on any atom is 0.169 e. The summed E-state index contributed by atoms with van der Waals surface area (Å²) in [5.74, 6) is 5.65. The van der Waals surface area contributed by atoms with Crippen molar-refractivity contribution in [1.29, 1.82) is 0 Å². The molecular formula is C11H14ClN5O4. The Morgan fingerprint density at radius 3 is 2.81 bits per heavy atom. The van der Waals surface area contributed by atoms with Crippen LogP contribution in [0.15, 0.2) is 12.4 Å². The van der Waals surface area contributed by atoms with Gasteiger partial charge in [-0.15, -0.1) is 0 Å². The van der Waals surface area contributed by atoms with Crippen LogP contribution in [0.25, 0.3) is 11.0 Å². The molecular weight excluding hydrogens is 302 g/mol. The summed E-state index contributed by atoms with van der Waals surface area (Å²) in [7, 11) is 0. The number of nitrogens with one attached hydrogen (secondary N) is 1.